The van der Waals surface area contributed by atoms with Gasteiger partial charge in [-0.05, 0) is 18.7 Å². The molecule has 2 aromatic heterocycles. The lowest BCUT2D eigenvalue weighted by molar-refractivity contribution is -0.226. The van der Waals surface area contributed by atoms with Gasteiger partial charge in [0.1, 0.15) is 36.6 Å². The normalized spacial score (nSPS) is 27.3. The van der Waals surface area contributed by atoms with E-state index in [2.05, 4.69) is 19.3 Å². The Bertz CT molecular complexity index is 1350. The number of hydrogen-bond donors (Lipinski definition) is 8. The first-order valence-corrected chi connectivity index (χ1v) is 16.5. The molecule has 1 fully saturated rings. The molecular weight excluding hydrogens is 646 g/mol. The van der Waals surface area contributed by atoms with Gasteiger partial charge in [-0.1, -0.05) is 0 Å². The number of phosphoric ester groups is 1. The zero-order valence-corrected chi connectivity index (χ0v) is 25.5. The van der Waals surface area contributed by atoms with Crippen LogP contribution in [0.2, 0.25) is 0 Å². The number of aliphatic hydroxyl groups is 5. The van der Waals surface area contributed by atoms with Gasteiger partial charge in [0.25, 0.3) is 5.56 Å². The zero-order valence-electron chi connectivity index (χ0n) is 22.9. The number of aliphatic hydroxyl groups excluding tert-OH is 5. The van der Waals surface area contributed by atoms with Crippen LogP contribution in [0.5, 0.6) is 0 Å². The number of aromatic nitrogens is 4. The van der Waals surface area contributed by atoms with Crippen molar-refractivity contribution in [2.45, 2.75) is 62.2 Å². The van der Waals surface area contributed by atoms with Crippen molar-refractivity contribution in [2.75, 3.05) is 34.0 Å². The molecule has 0 saturated carbocycles. The van der Waals surface area contributed by atoms with E-state index < -0.39 is 95.2 Å². The van der Waals surface area contributed by atoms with Crippen molar-refractivity contribution in [1.82, 2.24) is 19.5 Å². The highest BCUT2D eigenvalue weighted by atomic mass is 32.5. The molecule has 246 valence electrons. The summed E-state index contributed by atoms with van der Waals surface area (Å²) in [6, 6.07) is 0. The molecule has 0 radical (unpaired) electrons. The maximum atomic E-state index is 12.7. The topological polar surface area (TPSA) is 287 Å². The predicted molar refractivity (Wildman–Crippen MR) is 145 cm³/mol. The molecule has 3 heterocycles. The van der Waals surface area contributed by atoms with E-state index in [0.717, 1.165) is 6.92 Å². The standard InChI is InChI=1S/C20H34N4O16P2S/c1-9(27)14(10(28)4-25)38-20(11(29)5-26)39-41(31,32)40-42(33,43)36-6-12-15(34-2)16(35-3)19(37-12)24-8-23-13-17(24)21-7-22-18(13)30/h7-12,14-16,19-20,25-29H,4-6H2,1-3H3,(H,31,32)(H,33,43)(H,21,22,30)/t9-,10+,11+,12?,14?,15?,16?,19?,20?,42?/m0/s1. The minimum Gasteiger partial charge on any atom is -0.394 e. The second-order valence-corrected chi connectivity index (χ2v) is 13.5. The van der Waals surface area contributed by atoms with Crippen LogP contribution >= 0.6 is 14.5 Å². The molecule has 0 amide bonds. The molecule has 1 saturated heterocycles. The Morgan fingerprint density at radius 2 is 1.77 bits per heavy atom. The molecule has 0 bridgehead atoms. The quantitative estimate of drug-likeness (QED) is 0.0619. The van der Waals surface area contributed by atoms with Crippen LogP contribution in [0, 0.1) is 0 Å². The fraction of sp³-hybridized carbons (Fsp3) is 0.750. The van der Waals surface area contributed by atoms with E-state index >= 15 is 0 Å². The van der Waals surface area contributed by atoms with Gasteiger partial charge < -0.3 is 63.8 Å². The van der Waals surface area contributed by atoms with Gasteiger partial charge in [-0.25, -0.2) is 18.8 Å². The first kappa shape index (κ1) is 36.1. The number of nitrogens with one attached hydrogen (secondary N) is 1. The number of rotatable bonds is 17. The highest BCUT2D eigenvalue weighted by Gasteiger charge is 2.48. The highest BCUT2D eigenvalue weighted by Crippen LogP contribution is 2.61. The van der Waals surface area contributed by atoms with Crippen LogP contribution in [-0.4, -0.2) is 138 Å². The number of H-pyrrole nitrogens is 1. The average molecular weight is 681 g/mol. The Labute approximate surface area is 248 Å². The number of nitrogens with zero attached hydrogens (tertiary/aromatic N) is 3. The number of ether oxygens (including phenoxy) is 4. The van der Waals surface area contributed by atoms with Gasteiger partial charge >= 0.3 is 14.5 Å². The minimum atomic E-state index is -5.45. The lowest BCUT2D eigenvalue weighted by Crippen LogP contribution is -2.46. The lowest BCUT2D eigenvalue weighted by Gasteiger charge is -2.32. The molecule has 1 aliphatic rings. The maximum Gasteiger partial charge on any atom is 0.481 e. The van der Waals surface area contributed by atoms with Crippen molar-refractivity contribution >= 4 is 37.5 Å². The third-order valence-corrected chi connectivity index (χ3v) is 9.67. The fourth-order valence-electron chi connectivity index (χ4n) is 4.18. The number of fused-ring (bicyclic) bond motifs is 1. The number of phosphoric acid groups is 1. The third kappa shape index (κ3) is 8.90. The van der Waals surface area contributed by atoms with Crippen molar-refractivity contribution < 1.29 is 72.2 Å². The van der Waals surface area contributed by atoms with E-state index in [1.807, 2.05) is 0 Å². The molecule has 43 heavy (non-hydrogen) atoms. The molecular formula is C20H34N4O16P2S. The van der Waals surface area contributed by atoms with E-state index in [1.54, 1.807) is 0 Å². The maximum absolute atomic E-state index is 12.7. The molecule has 2 aromatic rings. The summed E-state index contributed by atoms with van der Waals surface area (Å²) in [7, 11) is -2.74. The minimum absolute atomic E-state index is 0.0341. The summed E-state index contributed by atoms with van der Waals surface area (Å²) in [4.78, 5) is 43.4. The molecule has 23 heteroatoms. The molecule has 1 aliphatic heterocycles. The van der Waals surface area contributed by atoms with Crippen molar-refractivity contribution in [3.63, 3.8) is 0 Å². The fourth-order valence-corrected chi connectivity index (χ4v) is 7.29. The summed E-state index contributed by atoms with van der Waals surface area (Å²) in [6.07, 6.45) is -10.3. The highest BCUT2D eigenvalue weighted by molar-refractivity contribution is 8.08. The molecule has 8 N–H and O–H groups in total. The number of aromatic amines is 1. The molecule has 8 unspecified atom stereocenters. The first-order valence-electron chi connectivity index (χ1n) is 12.4. The van der Waals surface area contributed by atoms with Crippen LogP contribution < -0.4 is 5.56 Å². The molecule has 20 nitrogen and oxygen atoms in total. The Balaban J connectivity index is 1.72. The van der Waals surface area contributed by atoms with E-state index in [0.29, 0.717) is 0 Å². The summed E-state index contributed by atoms with van der Waals surface area (Å²) in [5, 5.41) is 48.1. The Morgan fingerprint density at radius 1 is 1.12 bits per heavy atom. The second-order valence-electron chi connectivity index (χ2n) is 9.15. The molecule has 0 aromatic carbocycles. The number of imidazole rings is 1. The van der Waals surface area contributed by atoms with Gasteiger partial charge in [0.05, 0.1) is 38.6 Å². The molecule has 0 spiro atoms. The van der Waals surface area contributed by atoms with Gasteiger partial charge in [-0.3, -0.25) is 13.9 Å². The van der Waals surface area contributed by atoms with Crippen LogP contribution in [0.4, 0.5) is 0 Å². The summed E-state index contributed by atoms with van der Waals surface area (Å²) in [6.45, 7) is -6.04. The van der Waals surface area contributed by atoms with Gasteiger partial charge in [-0.15, -0.1) is 0 Å². The van der Waals surface area contributed by atoms with Crippen molar-refractivity contribution in [3.8, 4) is 0 Å². The summed E-state index contributed by atoms with van der Waals surface area (Å²) >= 11 is 4.84. The van der Waals surface area contributed by atoms with Crippen LogP contribution in [0.25, 0.3) is 11.2 Å². The lowest BCUT2D eigenvalue weighted by atomic mass is 10.1. The summed E-state index contributed by atoms with van der Waals surface area (Å²) in [5.41, 5.74) is -0.281. The SMILES string of the molecule is COC1C(COP(O)(=S)OP(=O)(O)OC(OC([C@H](C)O)[C@H](O)CO)[C@H](O)CO)OC(n2cnc3c(=O)[nH]cnc32)C1OC. The van der Waals surface area contributed by atoms with Crippen LogP contribution in [0.15, 0.2) is 17.4 Å². The smallest absolute Gasteiger partial charge is 0.394 e. The van der Waals surface area contributed by atoms with Crippen LogP contribution in [0.1, 0.15) is 13.2 Å². The largest absolute Gasteiger partial charge is 0.481 e. The van der Waals surface area contributed by atoms with E-state index in [4.69, 9.17) is 44.9 Å². The van der Waals surface area contributed by atoms with E-state index in [9.17, 15) is 39.6 Å². The van der Waals surface area contributed by atoms with E-state index in [1.165, 1.54) is 31.4 Å². The summed E-state index contributed by atoms with van der Waals surface area (Å²) < 4.78 is 50.8. The number of hydrogen-bond acceptors (Lipinski definition) is 17. The molecule has 0 aliphatic carbocycles. The monoisotopic (exact) mass is 680 g/mol. The Kier molecular flexibility index (Phi) is 12.9. The Hall–Kier alpha value is -1.33. The van der Waals surface area contributed by atoms with E-state index in [-0.39, 0.29) is 11.2 Å². The predicted octanol–water partition coefficient (Wildman–Crippen LogP) is -2.79. The zero-order chi connectivity index (χ0) is 32.1. The first-order chi connectivity index (χ1) is 20.2. The Morgan fingerprint density at radius 3 is 2.35 bits per heavy atom. The van der Waals surface area contributed by atoms with Crippen LogP contribution in [-0.2, 0) is 48.7 Å². The summed E-state index contributed by atoms with van der Waals surface area (Å²) in [5.74, 6) is 0. The molecule has 3 rings (SSSR count). The van der Waals surface area contributed by atoms with Crippen LogP contribution in [0.3, 0.4) is 0 Å². The third-order valence-electron chi connectivity index (χ3n) is 6.15. The van der Waals surface area contributed by atoms with Gasteiger partial charge in [-0.2, -0.15) is 0 Å². The van der Waals surface area contributed by atoms with Gasteiger partial charge in [0.15, 0.2) is 23.7 Å². The average Bonchev–Trinajstić information content (AvgIpc) is 3.53. The van der Waals surface area contributed by atoms with Crippen molar-refractivity contribution in [2.24, 2.45) is 0 Å². The number of methoxy groups -OCH3 is 2. The second kappa shape index (κ2) is 15.3. The molecule has 11 atom stereocenters. The van der Waals surface area contributed by atoms with Crippen molar-refractivity contribution in [3.05, 3.63) is 23.0 Å². The van der Waals surface area contributed by atoms with Crippen molar-refractivity contribution in [1.29, 1.82) is 0 Å². The van der Waals surface area contributed by atoms with Gasteiger partial charge in [0.2, 0.25) is 0 Å². The van der Waals surface area contributed by atoms with Gasteiger partial charge in [0, 0.05) is 14.2 Å².